The number of hydrogen-bond acceptors (Lipinski definition) is 3. The fourth-order valence-corrected chi connectivity index (χ4v) is 0.802. The van der Waals surface area contributed by atoms with E-state index >= 15 is 0 Å². The summed E-state index contributed by atoms with van der Waals surface area (Å²) in [7, 11) is 0. The van der Waals surface area contributed by atoms with E-state index in [1.165, 1.54) is 0 Å². The molecule has 0 fully saturated rings. The van der Waals surface area contributed by atoms with Gasteiger partial charge in [0.05, 0.1) is 6.61 Å². The Morgan fingerprint density at radius 2 is 2.00 bits per heavy atom. The van der Waals surface area contributed by atoms with Gasteiger partial charge in [0.25, 0.3) is 0 Å². The molecule has 0 aromatic carbocycles. The minimum absolute atomic E-state index is 0.386. The molecule has 3 heteroatoms. The lowest BCUT2D eigenvalue weighted by Gasteiger charge is -2.25. The number of hydrogen-bond donors (Lipinski definition) is 0. The zero-order chi connectivity index (χ0) is 11.2. The van der Waals surface area contributed by atoms with Gasteiger partial charge in [0.1, 0.15) is 0 Å². The van der Waals surface area contributed by atoms with Crippen molar-refractivity contribution in [2.45, 2.75) is 46.3 Å². The third kappa shape index (κ3) is 5.75. The Kier molecular flexibility index (Phi) is 5.46. The summed E-state index contributed by atoms with van der Waals surface area (Å²) in [6, 6.07) is 0. The van der Waals surface area contributed by atoms with Crippen molar-refractivity contribution < 1.29 is 14.3 Å². The monoisotopic (exact) mass is 200 g/mol. The summed E-state index contributed by atoms with van der Waals surface area (Å²) in [6.45, 7) is 11.3. The average molecular weight is 200 g/mol. The highest BCUT2D eigenvalue weighted by atomic mass is 16.7. The van der Waals surface area contributed by atoms with Crippen LogP contribution in [0.2, 0.25) is 0 Å². The lowest BCUT2D eigenvalue weighted by Crippen LogP contribution is -2.32. The third-order valence-corrected chi connectivity index (χ3v) is 1.63. The Labute approximate surface area is 86.1 Å². The van der Waals surface area contributed by atoms with Gasteiger partial charge in [-0.1, -0.05) is 19.9 Å². The predicted molar refractivity (Wildman–Crippen MR) is 55.8 cm³/mol. The molecule has 0 aromatic rings. The normalized spacial score (nSPS) is 11.1. The quantitative estimate of drug-likeness (QED) is 0.286. The summed E-state index contributed by atoms with van der Waals surface area (Å²) >= 11 is 0. The molecule has 0 saturated carbocycles. The van der Waals surface area contributed by atoms with E-state index in [0.717, 1.165) is 12.8 Å². The summed E-state index contributed by atoms with van der Waals surface area (Å²) in [5.41, 5.74) is 0.386. The molecule has 0 radical (unpaired) electrons. The molecule has 0 aliphatic carbocycles. The van der Waals surface area contributed by atoms with Crippen molar-refractivity contribution in [1.29, 1.82) is 0 Å². The number of carbonyl (C=O) groups is 1. The summed E-state index contributed by atoms with van der Waals surface area (Å²) in [5.74, 6) is -1.27. The molecule has 0 aliphatic heterocycles. The van der Waals surface area contributed by atoms with Gasteiger partial charge in [-0.15, -0.1) is 0 Å². The zero-order valence-electron chi connectivity index (χ0n) is 9.55. The van der Waals surface area contributed by atoms with E-state index in [2.05, 4.69) is 13.5 Å². The summed E-state index contributed by atoms with van der Waals surface area (Å²) in [4.78, 5) is 11.2. The van der Waals surface area contributed by atoms with E-state index in [0.29, 0.717) is 12.2 Å². The highest BCUT2D eigenvalue weighted by Gasteiger charge is 2.23. The molecule has 0 aliphatic rings. The van der Waals surface area contributed by atoms with Crippen molar-refractivity contribution in [3.8, 4) is 0 Å². The maximum absolute atomic E-state index is 11.2. The van der Waals surface area contributed by atoms with Crippen LogP contribution in [0.1, 0.15) is 40.5 Å². The molecule has 0 saturated heterocycles. The van der Waals surface area contributed by atoms with Gasteiger partial charge in [-0.25, -0.2) is 4.79 Å². The molecule has 0 amide bonds. The summed E-state index contributed by atoms with van der Waals surface area (Å²) in [5, 5.41) is 0. The molecule has 0 unspecified atom stereocenters. The van der Waals surface area contributed by atoms with Crippen molar-refractivity contribution in [2.24, 2.45) is 0 Å². The first-order chi connectivity index (χ1) is 6.39. The SMILES string of the molecule is C=C(C)C(=O)OC(C)(C)OCCCC. The standard InChI is InChI=1S/C11H20O3/c1-6-7-8-13-11(4,5)14-10(12)9(2)3/h2,6-8H2,1,3-5H3. The van der Waals surface area contributed by atoms with Crippen LogP contribution in [-0.2, 0) is 14.3 Å². The maximum atomic E-state index is 11.2. The second kappa shape index (κ2) is 5.81. The van der Waals surface area contributed by atoms with Crippen LogP contribution in [0.25, 0.3) is 0 Å². The fourth-order valence-electron chi connectivity index (χ4n) is 0.802. The summed E-state index contributed by atoms with van der Waals surface area (Å²) < 4.78 is 10.5. The molecular weight excluding hydrogens is 180 g/mol. The van der Waals surface area contributed by atoms with Gasteiger partial charge in [0.2, 0.25) is 5.79 Å². The molecule has 3 nitrogen and oxygen atoms in total. The molecule has 0 bridgehead atoms. The van der Waals surface area contributed by atoms with Crippen LogP contribution >= 0.6 is 0 Å². The first-order valence-electron chi connectivity index (χ1n) is 4.92. The van der Waals surface area contributed by atoms with Gasteiger partial charge in [-0.2, -0.15) is 0 Å². The molecule has 14 heavy (non-hydrogen) atoms. The van der Waals surface area contributed by atoms with E-state index in [-0.39, 0.29) is 0 Å². The smallest absolute Gasteiger partial charge is 0.335 e. The van der Waals surface area contributed by atoms with E-state index < -0.39 is 11.8 Å². The van der Waals surface area contributed by atoms with Gasteiger partial charge in [0, 0.05) is 19.4 Å². The van der Waals surface area contributed by atoms with Crippen LogP contribution in [0.4, 0.5) is 0 Å². The molecule has 82 valence electrons. The Hall–Kier alpha value is -0.830. The molecule has 0 heterocycles. The molecule has 0 N–H and O–H groups in total. The number of rotatable bonds is 6. The van der Waals surface area contributed by atoms with Crippen molar-refractivity contribution in [3.63, 3.8) is 0 Å². The van der Waals surface area contributed by atoms with Gasteiger partial charge < -0.3 is 9.47 Å². The van der Waals surface area contributed by atoms with E-state index in [1.807, 2.05) is 0 Å². The zero-order valence-corrected chi connectivity index (χ0v) is 9.55. The second-order valence-electron chi connectivity index (χ2n) is 3.77. The highest BCUT2D eigenvalue weighted by molar-refractivity contribution is 5.87. The number of unbranched alkanes of at least 4 members (excludes halogenated alkanes) is 1. The van der Waals surface area contributed by atoms with Gasteiger partial charge in [-0.3, -0.25) is 0 Å². The Balaban J connectivity index is 3.93. The van der Waals surface area contributed by atoms with Gasteiger partial charge >= 0.3 is 5.97 Å². The maximum Gasteiger partial charge on any atom is 0.335 e. The molecular formula is C11H20O3. The first kappa shape index (κ1) is 13.2. The van der Waals surface area contributed by atoms with E-state index in [4.69, 9.17) is 9.47 Å². The van der Waals surface area contributed by atoms with Gasteiger partial charge in [-0.05, 0) is 13.3 Å². The largest absolute Gasteiger partial charge is 0.430 e. The third-order valence-electron chi connectivity index (χ3n) is 1.63. The predicted octanol–water partition coefficient (Wildman–Crippen LogP) is 2.66. The topological polar surface area (TPSA) is 35.5 Å². The van der Waals surface area contributed by atoms with E-state index in [1.54, 1.807) is 20.8 Å². The summed E-state index contributed by atoms with van der Waals surface area (Å²) in [6.07, 6.45) is 2.03. The molecule has 0 aromatic heterocycles. The number of ether oxygens (including phenoxy) is 2. The van der Waals surface area contributed by atoms with Crippen molar-refractivity contribution >= 4 is 5.97 Å². The second-order valence-corrected chi connectivity index (χ2v) is 3.77. The first-order valence-corrected chi connectivity index (χ1v) is 4.92. The Morgan fingerprint density at radius 3 is 2.43 bits per heavy atom. The van der Waals surface area contributed by atoms with E-state index in [9.17, 15) is 4.79 Å². The molecule has 0 spiro atoms. The highest BCUT2D eigenvalue weighted by Crippen LogP contribution is 2.14. The number of carbonyl (C=O) groups excluding carboxylic acids is 1. The van der Waals surface area contributed by atoms with Crippen LogP contribution in [0.5, 0.6) is 0 Å². The van der Waals surface area contributed by atoms with Crippen LogP contribution in [0.3, 0.4) is 0 Å². The van der Waals surface area contributed by atoms with Crippen molar-refractivity contribution in [3.05, 3.63) is 12.2 Å². The minimum Gasteiger partial charge on any atom is -0.430 e. The van der Waals surface area contributed by atoms with Gasteiger partial charge in [0.15, 0.2) is 0 Å². The molecule has 0 atom stereocenters. The Morgan fingerprint density at radius 1 is 1.43 bits per heavy atom. The lowest BCUT2D eigenvalue weighted by molar-refractivity contribution is -0.212. The molecule has 0 rings (SSSR count). The fraction of sp³-hybridized carbons (Fsp3) is 0.727. The Bertz CT molecular complexity index is 207. The van der Waals surface area contributed by atoms with Crippen LogP contribution in [0.15, 0.2) is 12.2 Å². The van der Waals surface area contributed by atoms with Crippen LogP contribution < -0.4 is 0 Å². The van der Waals surface area contributed by atoms with Crippen molar-refractivity contribution in [1.82, 2.24) is 0 Å². The number of esters is 1. The van der Waals surface area contributed by atoms with Crippen molar-refractivity contribution in [2.75, 3.05) is 6.61 Å². The lowest BCUT2D eigenvalue weighted by atomic mass is 10.3. The van der Waals surface area contributed by atoms with Crippen LogP contribution in [0, 0.1) is 0 Å². The average Bonchev–Trinajstić information content (AvgIpc) is 2.03. The van der Waals surface area contributed by atoms with Crippen LogP contribution in [-0.4, -0.2) is 18.4 Å². The minimum atomic E-state index is -0.856.